The Morgan fingerprint density at radius 2 is 1.88 bits per heavy atom. The zero-order chi connectivity index (χ0) is 17.5. The standard InChI is InChI=1S/C19H19ClN2O2/c1-14(2)22(12-16-9-7-15(11-21)8-10-16)19(23)13-24-18-6-4-3-5-17(18)20/h3-10,14H,12-13H2,1-2H3. The third-order valence-corrected chi connectivity index (χ3v) is 3.88. The van der Waals surface area contributed by atoms with Crippen LogP contribution in [0.3, 0.4) is 0 Å². The molecule has 0 heterocycles. The third kappa shape index (κ3) is 4.74. The number of carbonyl (C=O) groups is 1. The van der Waals surface area contributed by atoms with Crippen LogP contribution in [-0.4, -0.2) is 23.5 Å². The Kier molecular flexibility index (Phi) is 6.22. The van der Waals surface area contributed by atoms with E-state index in [1.807, 2.05) is 38.1 Å². The Balaban J connectivity index is 2.02. The number of benzene rings is 2. The average Bonchev–Trinajstić information content (AvgIpc) is 2.59. The number of carbonyl (C=O) groups excluding carboxylic acids is 1. The summed E-state index contributed by atoms with van der Waals surface area (Å²) in [6.07, 6.45) is 0. The van der Waals surface area contributed by atoms with Gasteiger partial charge >= 0.3 is 0 Å². The van der Waals surface area contributed by atoms with Gasteiger partial charge in [-0.3, -0.25) is 4.79 Å². The van der Waals surface area contributed by atoms with E-state index in [4.69, 9.17) is 21.6 Å². The van der Waals surface area contributed by atoms with Crippen LogP contribution in [0.2, 0.25) is 5.02 Å². The first kappa shape index (κ1) is 17.8. The lowest BCUT2D eigenvalue weighted by molar-refractivity contribution is -0.135. The summed E-state index contributed by atoms with van der Waals surface area (Å²) in [6, 6.07) is 16.4. The lowest BCUT2D eigenvalue weighted by atomic mass is 10.1. The van der Waals surface area contributed by atoms with Gasteiger partial charge in [0.1, 0.15) is 5.75 Å². The first-order valence-corrected chi connectivity index (χ1v) is 8.05. The topological polar surface area (TPSA) is 53.3 Å². The molecule has 0 aliphatic carbocycles. The lowest BCUT2D eigenvalue weighted by Gasteiger charge is -2.27. The fourth-order valence-corrected chi connectivity index (χ4v) is 2.41. The molecule has 0 saturated heterocycles. The zero-order valence-electron chi connectivity index (χ0n) is 13.7. The van der Waals surface area contributed by atoms with E-state index >= 15 is 0 Å². The predicted molar refractivity (Wildman–Crippen MR) is 93.8 cm³/mol. The number of halogens is 1. The highest BCUT2D eigenvalue weighted by atomic mass is 35.5. The van der Waals surface area contributed by atoms with Gasteiger partial charge in [-0.15, -0.1) is 0 Å². The van der Waals surface area contributed by atoms with Crippen molar-refractivity contribution in [3.05, 3.63) is 64.7 Å². The smallest absolute Gasteiger partial charge is 0.261 e. The van der Waals surface area contributed by atoms with Crippen LogP contribution in [0, 0.1) is 11.3 Å². The summed E-state index contributed by atoms with van der Waals surface area (Å²) < 4.78 is 5.54. The van der Waals surface area contributed by atoms with Crippen molar-refractivity contribution in [3.8, 4) is 11.8 Å². The molecule has 2 aromatic carbocycles. The van der Waals surface area contributed by atoms with Crippen LogP contribution < -0.4 is 4.74 Å². The second-order valence-corrected chi connectivity index (χ2v) is 6.05. The molecule has 24 heavy (non-hydrogen) atoms. The summed E-state index contributed by atoms with van der Waals surface area (Å²) in [5, 5.41) is 9.33. The summed E-state index contributed by atoms with van der Waals surface area (Å²) in [7, 11) is 0. The van der Waals surface area contributed by atoms with Gasteiger partial charge < -0.3 is 9.64 Å². The minimum Gasteiger partial charge on any atom is -0.482 e. The largest absolute Gasteiger partial charge is 0.482 e. The predicted octanol–water partition coefficient (Wildman–Crippen LogP) is 4.03. The molecular weight excluding hydrogens is 324 g/mol. The van der Waals surface area contributed by atoms with Gasteiger partial charge in [-0.1, -0.05) is 35.9 Å². The van der Waals surface area contributed by atoms with Gasteiger partial charge in [-0.2, -0.15) is 5.26 Å². The quantitative estimate of drug-likeness (QED) is 0.796. The van der Waals surface area contributed by atoms with Crippen LogP contribution in [0.5, 0.6) is 5.75 Å². The van der Waals surface area contributed by atoms with Crippen LogP contribution in [0.1, 0.15) is 25.0 Å². The first-order valence-electron chi connectivity index (χ1n) is 7.67. The number of para-hydroxylation sites is 1. The maximum Gasteiger partial charge on any atom is 0.261 e. The second kappa shape index (κ2) is 8.37. The van der Waals surface area contributed by atoms with Crippen molar-refractivity contribution in [1.29, 1.82) is 5.26 Å². The molecule has 0 atom stereocenters. The molecule has 1 amide bonds. The number of hydrogen-bond acceptors (Lipinski definition) is 3. The minimum absolute atomic E-state index is 0.0305. The molecule has 0 unspecified atom stereocenters. The molecule has 4 nitrogen and oxygen atoms in total. The van der Waals surface area contributed by atoms with E-state index in [2.05, 4.69) is 6.07 Å². The van der Waals surface area contributed by atoms with Gasteiger partial charge in [0.05, 0.1) is 16.7 Å². The highest BCUT2D eigenvalue weighted by molar-refractivity contribution is 6.32. The van der Waals surface area contributed by atoms with E-state index in [1.54, 1.807) is 29.2 Å². The number of rotatable bonds is 6. The lowest BCUT2D eigenvalue weighted by Crippen LogP contribution is -2.39. The van der Waals surface area contributed by atoms with E-state index in [0.29, 0.717) is 22.9 Å². The van der Waals surface area contributed by atoms with Crippen LogP contribution in [-0.2, 0) is 11.3 Å². The number of ether oxygens (including phenoxy) is 1. The molecule has 2 aromatic rings. The van der Waals surface area contributed by atoms with Crippen molar-refractivity contribution in [1.82, 2.24) is 4.90 Å². The zero-order valence-corrected chi connectivity index (χ0v) is 14.5. The number of hydrogen-bond donors (Lipinski definition) is 0. The van der Waals surface area contributed by atoms with Crippen molar-refractivity contribution in [2.24, 2.45) is 0 Å². The van der Waals surface area contributed by atoms with Gasteiger partial charge in [0.2, 0.25) is 0 Å². The molecular formula is C19H19ClN2O2. The van der Waals surface area contributed by atoms with Gasteiger partial charge in [0.25, 0.3) is 5.91 Å². The molecule has 0 aromatic heterocycles. The maximum absolute atomic E-state index is 12.5. The molecule has 5 heteroatoms. The van der Waals surface area contributed by atoms with Crippen LogP contribution in [0.25, 0.3) is 0 Å². The third-order valence-electron chi connectivity index (χ3n) is 3.57. The summed E-state index contributed by atoms with van der Waals surface area (Å²) >= 11 is 6.03. The number of nitrogens with zero attached hydrogens (tertiary/aromatic N) is 2. The molecule has 0 bridgehead atoms. The van der Waals surface area contributed by atoms with Gasteiger partial charge in [-0.25, -0.2) is 0 Å². The summed E-state index contributed by atoms with van der Waals surface area (Å²) in [6.45, 7) is 4.31. The number of nitriles is 1. The highest BCUT2D eigenvalue weighted by Gasteiger charge is 2.18. The molecule has 2 rings (SSSR count). The van der Waals surface area contributed by atoms with Crippen molar-refractivity contribution in [2.75, 3.05) is 6.61 Å². The van der Waals surface area contributed by atoms with E-state index in [9.17, 15) is 4.79 Å². The fourth-order valence-electron chi connectivity index (χ4n) is 2.22. The molecule has 0 N–H and O–H groups in total. The van der Waals surface area contributed by atoms with Crippen LogP contribution in [0.15, 0.2) is 48.5 Å². The molecule has 0 saturated carbocycles. The Morgan fingerprint density at radius 1 is 1.21 bits per heavy atom. The minimum atomic E-state index is -0.116. The van der Waals surface area contributed by atoms with Crippen LogP contribution in [0.4, 0.5) is 0 Å². The summed E-state index contributed by atoms with van der Waals surface area (Å²) in [5.74, 6) is 0.379. The van der Waals surface area contributed by atoms with Gasteiger partial charge in [0, 0.05) is 12.6 Å². The molecule has 0 spiro atoms. The Labute approximate surface area is 147 Å². The van der Waals surface area contributed by atoms with Gasteiger partial charge in [-0.05, 0) is 43.7 Å². The summed E-state index contributed by atoms with van der Waals surface area (Å²) in [5.41, 5.74) is 1.57. The second-order valence-electron chi connectivity index (χ2n) is 5.64. The normalized spacial score (nSPS) is 10.3. The van der Waals surface area contributed by atoms with E-state index in [1.165, 1.54) is 0 Å². The first-order chi connectivity index (χ1) is 11.5. The van der Waals surface area contributed by atoms with Crippen LogP contribution >= 0.6 is 11.6 Å². The van der Waals surface area contributed by atoms with E-state index < -0.39 is 0 Å². The van der Waals surface area contributed by atoms with Gasteiger partial charge in [0.15, 0.2) is 6.61 Å². The Hall–Kier alpha value is -2.51. The Morgan fingerprint density at radius 3 is 2.46 bits per heavy atom. The molecule has 124 valence electrons. The molecule has 0 radical (unpaired) electrons. The molecule has 0 aliphatic rings. The van der Waals surface area contributed by atoms with Crippen molar-refractivity contribution in [2.45, 2.75) is 26.4 Å². The van der Waals surface area contributed by atoms with Crippen molar-refractivity contribution < 1.29 is 9.53 Å². The maximum atomic E-state index is 12.5. The highest BCUT2D eigenvalue weighted by Crippen LogP contribution is 2.23. The average molecular weight is 343 g/mol. The molecule has 0 fully saturated rings. The van der Waals surface area contributed by atoms with Crippen molar-refractivity contribution >= 4 is 17.5 Å². The van der Waals surface area contributed by atoms with E-state index in [-0.39, 0.29) is 18.6 Å². The Bertz CT molecular complexity index is 736. The SMILES string of the molecule is CC(C)N(Cc1ccc(C#N)cc1)C(=O)COc1ccccc1Cl. The molecule has 0 aliphatic heterocycles. The van der Waals surface area contributed by atoms with E-state index in [0.717, 1.165) is 5.56 Å². The number of amides is 1. The monoisotopic (exact) mass is 342 g/mol. The summed E-state index contributed by atoms with van der Waals surface area (Å²) in [4.78, 5) is 14.2. The fraction of sp³-hybridized carbons (Fsp3) is 0.263. The van der Waals surface area contributed by atoms with Crippen molar-refractivity contribution in [3.63, 3.8) is 0 Å².